The molecule has 1 unspecified atom stereocenters. The Balaban J connectivity index is 1.95. The molecule has 0 bridgehead atoms. The van der Waals surface area contributed by atoms with Crippen molar-refractivity contribution < 1.29 is 14.3 Å². The summed E-state index contributed by atoms with van der Waals surface area (Å²) in [5, 5.41) is 29.6. The van der Waals surface area contributed by atoms with Crippen LogP contribution in [0.25, 0.3) is 16.9 Å². The SMILES string of the molecule is CC(C)(CN)CNc1cc(-n2ncc3cc(C#N)cnc32)ncc1C(=O)NCC(F)C(C)(C)O. The molecule has 0 aromatic carbocycles. The lowest BCUT2D eigenvalue weighted by Crippen LogP contribution is -2.42. The Hall–Kier alpha value is -3.62. The van der Waals surface area contributed by atoms with E-state index in [-0.39, 0.29) is 17.5 Å². The number of carbonyl (C=O) groups is 1. The first-order chi connectivity index (χ1) is 15.9. The van der Waals surface area contributed by atoms with Crippen LogP contribution in [0.1, 0.15) is 43.6 Å². The van der Waals surface area contributed by atoms with Gasteiger partial charge in [0.25, 0.3) is 5.91 Å². The number of pyridine rings is 2. The zero-order valence-electron chi connectivity index (χ0n) is 19.6. The van der Waals surface area contributed by atoms with Crippen molar-refractivity contribution in [3.8, 4) is 11.9 Å². The van der Waals surface area contributed by atoms with Gasteiger partial charge in [-0.1, -0.05) is 13.8 Å². The van der Waals surface area contributed by atoms with E-state index >= 15 is 0 Å². The average molecular weight is 469 g/mol. The fraction of sp³-hybridized carbons (Fsp3) is 0.435. The van der Waals surface area contributed by atoms with Crippen LogP contribution in [-0.2, 0) is 0 Å². The summed E-state index contributed by atoms with van der Waals surface area (Å²) in [5.74, 6) is -0.141. The minimum atomic E-state index is -1.64. The number of nitriles is 1. The maximum absolute atomic E-state index is 14.1. The van der Waals surface area contributed by atoms with Gasteiger partial charge in [-0.05, 0) is 31.9 Å². The molecule has 3 aromatic heterocycles. The maximum atomic E-state index is 14.1. The highest BCUT2D eigenvalue weighted by Gasteiger charge is 2.27. The topological polar surface area (TPSA) is 155 Å². The van der Waals surface area contributed by atoms with E-state index in [1.165, 1.54) is 30.9 Å². The Morgan fingerprint density at radius 3 is 2.65 bits per heavy atom. The Kier molecular flexibility index (Phi) is 7.14. The van der Waals surface area contributed by atoms with E-state index in [4.69, 9.17) is 11.0 Å². The molecule has 0 fully saturated rings. The van der Waals surface area contributed by atoms with Crippen LogP contribution in [0, 0.1) is 16.7 Å². The van der Waals surface area contributed by atoms with Gasteiger partial charge in [-0.25, -0.2) is 14.4 Å². The van der Waals surface area contributed by atoms with Crippen molar-refractivity contribution in [1.82, 2.24) is 25.1 Å². The Labute approximate surface area is 197 Å². The summed E-state index contributed by atoms with van der Waals surface area (Å²) in [6, 6.07) is 5.36. The Bertz CT molecular complexity index is 1230. The smallest absolute Gasteiger partial charge is 0.255 e. The lowest BCUT2D eigenvalue weighted by atomic mass is 9.93. The highest BCUT2D eigenvalue weighted by atomic mass is 19.1. The quantitative estimate of drug-likeness (QED) is 0.371. The monoisotopic (exact) mass is 468 g/mol. The van der Waals surface area contributed by atoms with Gasteiger partial charge in [0, 0.05) is 30.4 Å². The second-order valence-corrected chi connectivity index (χ2v) is 9.45. The first kappa shape index (κ1) is 25.0. The number of hydrogen-bond acceptors (Lipinski definition) is 8. The van der Waals surface area contributed by atoms with Crippen molar-refractivity contribution in [3.63, 3.8) is 0 Å². The molecular weight excluding hydrogens is 439 g/mol. The predicted octanol–water partition coefficient (Wildman–Crippen LogP) is 1.92. The fourth-order valence-electron chi connectivity index (χ4n) is 2.97. The van der Waals surface area contributed by atoms with E-state index in [9.17, 15) is 14.3 Å². The van der Waals surface area contributed by atoms with Gasteiger partial charge in [0.15, 0.2) is 11.5 Å². The number of rotatable bonds is 9. The number of anilines is 1. The average Bonchev–Trinajstić information content (AvgIpc) is 3.23. The van der Waals surface area contributed by atoms with Crippen molar-refractivity contribution in [2.45, 2.75) is 39.5 Å². The number of hydrogen-bond donors (Lipinski definition) is 4. The van der Waals surface area contributed by atoms with Crippen LogP contribution in [-0.4, -0.2) is 62.2 Å². The van der Waals surface area contributed by atoms with E-state index in [2.05, 4.69) is 25.7 Å². The zero-order valence-corrected chi connectivity index (χ0v) is 19.6. The van der Waals surface area contributed by atoms with Gasteiger partial charge in [0.1, 0.15) is 12.2 Å². The molecule has 34 heavy (non-hydrogen) atoms. The third-order valence-corrected chi connectivity index (χ3v) is 5.41. The first-order valence-electron chi connectivity index (χ1n) is 10.8. The van der Waals surface area contributed by atoms with E-state index in [1.807, 2.05) is 19.9 Å². The zero-order chi connectivity index (χ0) is 25.1. The molecule has 3 rings (SSSR count). The second-order valence-electron chi connectivity index (χ2n) is 9.45. The Morgan fingerprint density at radius 2 is 2.00 bits per heavy atom. The highest BCUT2D eigenvalue weighted by molar-refractivity contribution is 5.99. The van der Waals surface area contributed by atoms with Crippen molar-refractivity contribution in [1.29, 1.82) is 5.26 Å². The third-order valence-electron chi connectivity index (χ3n) is 5.41. The molecule has 0 aliphatic heterocycles. The Morgan fingerprint density at radius 1 is 1.26 bits per heavy atom. The minimum Gasteiger partial charge on any atom is -0.387 e. The van der Waals surface area contributed by atoms with Crippen LogP contribution in [0.3, 0.4) is 0 Å². The first-order valence-corrected chi connectivity index (χ1v) is 10.8. The molecule has 1 atom stereocenters. The van der Waals surface area contributed by atoms with Gasteiger partial charge in [0.05, 0.1) is 35.2 Å². The molecule has 1 amide bonds. The number of amides is 1. The fourth-order valence-corrected chi connectivity index (χ4v) is 2.97. The van der Waals surface area contributed by atoms with Crippen LogP contribution < -0.4 is 16.4 Å². The number of alkyl halides is 1. The number of nitrogens with zero attached hydrogens (tertiary/aromatic N) is 5. The standard InChI is InChI=1S/C23H29FN8O2/c1-22(2,12-26)13-30-17-6-19(32-20-15(9-31-32)5-14(7-25)8-28-20)27-10-16(17)21(33)29-11-18(24)23(3,4)34/h5-6,8-10,18,34H,11-13,26H2,1-4H3,(H,27,30)(H,29,33). The molecular formula is C23H29FN8O2. The largest absolute Gasteiger partial charge is 0.387 e. The molecule has 3 aromatic rings. The van der Waals surface area contributed by atoms with E-state index in [0.29, 0.717) is 41.2 Å². The molecule has 0 aliphatic carbocycles. The van der Waals surface area contributed by atoms with Crippen LogP contribution in [0.2, 0.25) is 0 Å². The summed E-state index contributed by atoms with van der Waals surface area (Å²) < 4.78 is 15.6. The van der Waals surface area contributed by atoms with Crippen molar-refractivity contribution >= 4 is 22.6 Å². The predicted molar refractivity (Wildman–Crippen MR) is 126 cm³/mol. The number of halogens is 1. The van der Waals surface area contributed by atoms with Crippen molar-refractivity contribution in [2.75, 3.05) is 25.0 Å². The second kappa shape index (κ2) is 9.70. The van der Waals surface area contributed by atoms with E-state index in [1.54, 1.807) is 18.3 Å². The molecule has 0 spiro atoms. The minimum absolute atomic E-state index is 0.204. The molecule has 0 radical (unpaired) electrons. The molecule has 11 heteroatoms. The summed E-state index contributed by atoms with van der Waals surface area (Å²) in [6.45, 7) is 7.17. The number of nitrogens with one attached hydrogen (secondary N) is 2. The lowest BCUT2D eigenvalue weighted by molar-refractivity contribution is -0.00177. The summed E-state index contributed by atoms with van der Waals surface area (Å²) in [6.07, 6.45) is 2.75. The summed E-state index contributed by atoms with van der Waals surface area (Å²) >= 11 is 0. The maximum Gasteiger partial charge on any atom is 0.255 e. The van der Waals surface area contributed by atoms with Crippen molar-refractivity contribution in [3.05, 3.63) is 41.9 Å². The number of aliphatic hydroxyl groups is 1. The molecule has 3 heterocycles. The molecule has 0 saturated carbocycles. The van der Waals surface area contributed by atoms with Crippen LogP contribution in [0.15, 0.2) is 30.7 Å². The van der Waals surface area contributed by atoms with Gasteiger partial charge in [-0.15, -0.1) is 0 Å². The highest BCUT2D eigenvalue weighted by Crippen LogP contribution is 2.23. The number of fused-ring (bicyclic) bond motifs is 1. The third kappa shape index (κ3) is 5.65. The van der Waals surface area contributed by atoms with Crippen LogP contribution in [0.5, 0.6) is 0 Å². The summed E-state index contributed by atoms with van der Waals surface area (Å²) in [7, 11) is 0. The van der Waals surface area contributed by atoms with E-state index in [0.717, 1.165) is 0 Å². The number of nitrogens with two attached hydrogens (primary N) is 1. The normalized spacial score (nSPS) is 12.9. The molecule has 5 N–H and O–H groups in total. The lowest BCUT2D eigenvalue weighted by Gasteiger charge is -2.25. The van der Waals surface area contributed by atoms with Gasteiger partial charge >= 0.3 is 0 Å². The molecule has 0 saturated heterocycles. The van der Waals surface area contributed by atoms with Gasteiger partial charge in [-0.3, -0.25) is 4.79 Å². The molecule has 180 valence electrons. The van der Waals surface area contributed by atoms with E-state index < -0.39 is 17.7 Å². The summed E-state index contributed by atoms with van der Waals surface area (Å²) in [5.41, 5.74) is 5.58. The van der Waals surface area contributed by atoms with Crippen LogP contribution >= 0.6 is 0 Å². The van der Waals surface area contributed by atoms with Gasteiger partial charge < -0.3 is 21.5 Å². The molecule has 0 aliphatic rings. The van der Waals surface area contributed by atoms with Gasteiger partial charge in [0.2, 0.25) is 0 Å². The summed E-state index contributed by atoms with van der Waals surface area (Å²) in [4.78, 5) is 21.5. The van der Waals surface area contributed by atoms with Crippen molar-refractivity contribution in [2.24, 2.45) is 11.1 Å². The van der Waals surface area contributed by atoms with Gasteiger partial charge in [-0.2, -0.15) is 15.0 Å². The van der Waals surface area contributed by atoms with Crippen LogP contribution in [0.4, 0.5) is 10.1 Å². The number of carbonyl (C=O) groups excluding carboxylic acids is 1. The number of aromatic nitrogens is 4. The molecule has 10 nitrogen and oxygen atoms in total.